The number of ether oxygens (including phenoxy) is 2. The number of hydrogen-bond donors (Lipinski definition) is 0. The van der Waals surface area contributed by atoms with Gasteiger partial charge in [0.1, 0.15) is 23.1 Å². The topological polar surface area (TPSA) is 54.9 Å². The van der Waals surface area contributed by atoms with Crippen LogP contribution in [0.4, 0.5) is 0 Å². The van der Waals surface area contributed by atoms with Crippen LogP contribution < -0.4 is 9.47 Å². The van der Waals surface area contributed by atoms with Gasteiger partial charge in [-0.25, -0.2) is 4.98 Å². The van der Waals surface area contributed by atoms with Gasteiger partial charge in [-0.05, 0) is 63.1 Å². The molecule has 2 heterocycles. The van der Waals surface area contributed by atoms with E-state index < -0.39 is 0 Å². The molecule has 0 saturated carbocycles. The average Bonchev–Trinajstić information content (AvgIpc) is 3.38. The second-order valence-electron chi connectivity index (χ2n) is 8.88. The van der Waals surface area contributed by atoms with Gasteiger partial charge < -0.3 is 14.4 Å². The average molecular weight is 494 g/mol. The number of likely N-dealkylation sites (tertiary alicyclic amines) is 1. The molecule has 6 nitrogen and oxygen atoms in total. The van der Waals surface area contributed by atoms with Crippen molar-refractivity contribution >= 4 is 17.2 Å². The van der Waals surface area contributed by atoms with E-state index in [1.54, 1.807) is 18.4 Å². The minimum atomic E-state index is 0.105. The molecular formula is C28H35N3O3S. The van der Waals surface area contributed by atoms with Crippen molar-refractivity contribution < 1.29 is 14.3 Å². The van der Waals surface area contributed by atoms with Crippen molar-refractivity contribution in [3.05, 3.63) is 65.2 Å². The molecule has 0 N–H and O–H groups in total. The monoisotopic (exact) mass is 493 g/mol. The number of rotatable bonds is 10. The Labute approximate surface area is 212 Å². The third-order valence-electron chi connectivity index (χ3n) is 6.49. The van der Waals surface area contributed by atoms with Crippen molar-refractivity contribution in [1.29, 1.82) is 0 Å². The summed E-state index contributed by atoms with van der Waals surface area (Å²) < 4.78 is 11.4. The second-order valence-corrected chi connectivity index (χ2v) is 10.00. The van der Waals surface area contributed by atoms with Gasteiger partial charge >= 0.3 is 0 Å². The molecule has 0 spiro atoms. The lowest BCUT2D eigenvalue weighted by Crippen LogP contribution is -2.44. The Bertz CT molecular complexity index is 1110. The molecular weight excluding hydrogens is 458 g/mol. The highest BCUT2D eigenvalue weighted by Gasteiger charge is 2.28. The smallest absolute Gasteiger partial charge is 0.226 e. The molecule has 3 aromatic rings. The predicted octanol–water partition coefficient (Wildman–Crippen LogP) is 5.48. The lowest BCUT2D eigenvalue weighted by molar-refractivity contribution is -0.137. The Balaban J connectivity index is 1.33. The standard InChI is InChI=1S/C28H35N3O3S/c1-4-31(5-2)28(32)23-11-8-14-30(19-23)18-21-9-6-13-25(15-21)34-20-26-17-29-27(35-26)22-10-7-12-24(16-22)33-3/h6-7,9-10,12-13,15-17,23H,4-5,8,11,14,18-20H2,1-3H3. The van der Waals surface area contributed by atoms with E-state index in [1.807, 2.05) is 47.5 Å². The SMILES string of the molecule is CCN(CC)C(=O)C1CCCN(Cc2cccc(OCc3cnc(-c4cccc(OC)c4)s3)c2)C1. The molecule has 7 heteroatoms. The fraction of sp³-hybridized carbons (Fsp3) is 0.429. The molecule has 35 heavy (non-hydrogen) atoms. The zero-order valence-corrected chi connectivity index (χ0v) is 21.7. The lowest BCUT2D eigenvalue weighted by Gasteiger charge is -2.34. The van der Waals surface area contributed by atoms with Gasteiger partial charge in [0.15, 0.2) is 0 Å². The molecule has 0 bridgehead atoms. The summed E-state index contributed by atoms with van der Waals surface area (Å²) in [5, 5.41) is 0.954. The summed E-state index contributed by atoms with van der Waals surface area (Å²) in [5.41, 5.74) is 2.25. The first kappa shape index (κ1) is 25.2. The number of carbonyl (C=O) groups excluding carboxylic acids is 1. The number of aromatic nitrogens is 1. The Morgan fingerprint density at radius 2 is 1.94 bits per heavy atom. The largest absolute Gasteiger partial charge is 0.497 e. The van der Waals surface area contributed by atoms with E-state index in [0.29, 0.717) is 12.5 Å². The fourth-order valence-electron chi connectivity index (χ4n) is 4.60. The number of hydrogen-bond acceptors (Lipinski definition) is 6. The summed E-state index contributed by atoms with van der Waals surface area (Å²) in [7, 11) is 1.67. The molecule has 1 aliphatic rings. The molecule has 186 valence electrons. The van der Waals surface area contributed by atoms with E-state index in [-0.39, 0.29) is 5.92 Å². The Morgan fingerprint density at radius 3 is 2.74 bits per heavy atom. The number of amides is 1. The van der Waals surface area contributed by atoms with Gasteiger partial charge in [0.05, 0.1) is 17.9 Å². The van der Waals surface area contributed by atoms with Crippen LogP contribution in [0.5, 0.6) is 11.5 Å². The Hall–Kier alpha value is -2.90. The van der Waals surface area contributed by atoms with Crippen molar-refractivity contribution in [1.82, 2.24) is 14.8 Å². The number of carbonyl (C=O) groups is 1. The maximum Gasteiger partial charge on any atom is 0.226 e. The van der Waals surface area contributed by atoms with Crippen LogP contribution >= 0.6 is 11.3 Å². The minimum absolute atomic E-state index is 0.105. The summed E-state index contributed by atoms with van der Waals surface area (Å²) in [5.74, 6) is 2.08. The molecule has 1 atom stereocenters. The lowest BCUT2D eigenvalue weighted by atomic mass is 9.96. The van der Waals surface area contributed by atoms with Crippen LogP contribution in [-0.4, -0.2) is 54.0 Å². The van der Waals surface area contributed by atoms with Crippen molar-refractivity contribution in [2.24, 2.45) is 5.92 Å². The quantitative estimate of drug-likeness (QED) is 0.374. The zero-order chi connectivity index (χ0) is 24.6. The van der Waals surface area contributed by atoms with Gasteiger partial charge in [-0.2, -0.15) is 0 Å². The second kappa shape index (κ2) is 12.2. The van der Waals surface area contributed by atoms with Gasteiger partial charge in [0.2, 0.25) is 5.91 Å². The number of nitrogens with zero attached hydrogens (tertiary/aromatic N) is 3. The third kappa shape index (κ3) is 6.61. The number of piperidine rings is 1. The normalized spacial score (nSPS) is 16.1. The summed E-state index contributed by atoms with van der Waals surface area (Å²) in [6.07, 6.45) is 3.93. The van der Waals surface area contributed by atoms with E-state index >= 15 is 0 Å². The highest BCUT2D eigenvalue weighted by Crippen LogP contribution is 2.29. The van der Waals surface area contributed by atoms with Crippen LogP contribution in [0.1, 0.15) is 37.1 Å². The third-order valence-corrected chi connectivity index (χ3v) is 7.51. The van der Waals surface area contributed by atoms with Crippen LogP contribution in [0.2, 0.25) is 0 Å². The van der Waals surface area contributed by atoms with Crippen molar-refractivity contribution in [2.75, 3.05) is 33.3 Å². The first-order valence-corrected chi connectivity index (χ1v) is 13.2. The zero-order valence-electron chi connectivity index (χ0n) is 20.9. The minimum Gasteiger partial charge on any atom is -0.497 e. The van der Waals surface area contributed by atoms with Crippen LogP contribution in [0.25, 0.3) is 10.6 Å². The molecule has 2 aromatic carbocycles. The molecule has 0 radical (unpaired) electrons. The Kier molecular flexibility index (Phi) is 8.77. The summed E-state index contributed by atoms with van der Waals surface area (Å²) in [4.78, 5) is 22.8. The molecule has 1 unspecified atom stereocenters. The van der Waals surface area contributed by atoms with Crippen LogP contribution in [0.15, 0.2) is 54.7 Å². The highest BCUT2D eigenvalue weighted by molar-refractivity contribution is 7.15. The van der Waals surface area contributed by atoms with Crippen molar-refractivity contribution in [2.45, 2.75) is 39.8 Å². The van der Waals surface area contributed by atoms with E-state index in [4.69, 9.17) is 9.47 Å². The van der Waals surface area contributed by atoms with Gasteiger partial charge in [-0.15, -0.1) is 11.3 Å². The van der Waals surface area contributed by atoms with Crippen LogP contribution in [-0.2, 0) is 17.9 Å². The number of methoxy groups -OCH3 is 1. The maximum atomic E-state index is 12.8. The molecule has 1 fully saturated rings. The summed E-state index contributed by atoms with van der Waals surface area (Å²) >= 11 is 1.63. The molecule has 1 amide bonds. The van der Waals surface area contributed by atoms with Gasteiger partial charge in [0.25, 0.3) is 0 Å². The van der Waals surface area contributed by atoms with E-state index in [9.17, 15) is 4.79 Å². The van der Waals surface area contributed by atoms with Crippen LogP contribution in [0, 0.1) is 5.92 Å². The van der Waals surface area contributed by atoms with Crippen molar-refractivity contribution in [3.8, 4) is 22.1 Å². The fourth-order valence-corrected chi connectivity index (χ4v) is 5.43. The van der Waals surface area contributed by atoms with Crippen LogP contribution in [0.3, 0.4) is 0 Å². The molecule has 1 saturated heterocycles. The van der Waals surface area contributed by atoms with Gasteiger partial charge in [0, 0.05) is 37.9 Å². The maximum absolute atomic E-state index is 12.8. The number of thiazole rings is 1. The van der Waals surface area contributed by atoms with E-state index in [1.165, 1.54) is 5.56 Å². The summed E-state index contributed by atoms with van der Waals surface area (Å²) in [6.45, 7) is 8.85. The van der Waals surface area contributed by atoms with Gasteiger partial charge in [-0.1, -0.05) is 24.3 Å². The van der Waals surface area contributed by atoms with Crippen molar-refractivity contribution in [3.63, 3.8) is 0 Å². The molecule has 4 rings (SSSR count). The molecule has 1 aromatic heterocycles. The van der Waals surface area contributed by atoms with Gasteiger partial charge in [-0.3, -0.25) is 9.69 Å². The Morgan fingerprint density at radius 1 is 1.14 bits per heavy atom. The first-order valence-electron chi connectivity index (χ1n) is 12.4. The van der Waals surface area contributed by atoms with E-state index in [0.717, 1.165) is 72.5 Å². The number of benzene rings is 2. The van der Waals surface area contributed by atoms with E-state index in [2.05, 4.69) is 35.9 Å². The first-order chi connectivity index (χ1) is 17.1. The predicted molar refractivity (Wildman–Crippen MR) is 141 cm³/mol. The summed E-state index contributed by atoms with van der Waals surface area (Å²) in [6, 6.07) is 16.2. The molecule has 1 aliphatic heterocycles. The highest BCUT2D eigenvalue weighted by atomic mass is 32.1. The molecule has 0 aliphatic carbocycles.